The van der Waals surface area contributed by atoms with E-state index in [0.29, 0.717) is 22.8 Å². The van der Waals surface area contributed by atoms with Gasteiger partial charge in [0.25, 0.3) is 0 Å². The summed E-state index contributed by atoms with van der Waals surface area (Å²) in [6.07, 6.45) is 0.502. The normalized spacial score (nSPS) is 16.1. The highest BCUT2D eigenvalue weighted by atomic mass is 35.5. The van der Waals surface area contributed by atoms with E-state index >= 15 is 0 Å². The van der Waals surface area contributed by atoms with Crippen LogP contribution in [0.15, 0.2) is 46.2 Å². The maximum absolute atomic E-state index is 12.7. The minimum Gasteiger partial charge on any atom is -0.326 e. The zero-order chi connectivity index (χ0) is 21.2. The predicted molar refractivity (Wildman–Crippen MR) is 116 cm³/mol. The van der Waals surface area contributed by atoms with Gasteiger partial charge in [0.05, 0.1) is 21.6 Å². The standard InChI is InChI=1S/C20H21ClN2O4S2/c1-3-17-20(25)23-16-11-13(7-8-18(16)28-17)29(26,27)10-9-19(24)22-15-6-4-5-14(21)12(15)2/h4-8,11,17H,3,9-10H2,1-2H3,(H,22,24)(H,23,25)/t17-/m1/s1. The lowest BCUT2D eigenvalue weighted by Crippen LogP contribution is -2.28. The molecule has 0 aliphatic carbocycles. The maximum atomic E-state index is 12.7. The van der Waals surface area contributed by atoms with Crippen LogP contribution >= 0.6 is 23.4 Å². The van der Waals surface area contributed by atoms with Gasteiger partial charge in [-0.15, -0.1) is 11.8 Å². The molecule has 1 atom stereocenters. The Bertz CT molecular complexity index is 1070. The zero-order valence-electron chi connectivity index (χ0n) is 16.0. The number of benzene rings is 2. The van der Waals surface area contributed by atoms with Crippen LogP contribution in [0.5, 0.6) is 0 Å². The summed E-state index contributed by atoms with van der Waals surface area (Å²) in [4.78, 5) is 25.2. The van der Waals surface area contributed by atoms with E-state index in [1.54, 1.807) is 31.2 Å². The fourth-order valence-corrected chi connectivity index (χ4v) is 5.35. The summed E-state index contributed by atoms with van der Waals surface area (Å²) >= 11 is 7.46. The van der Waals surface area contributed by atoms with Crippen LogP contribution in [0.2, 0.25) is 5.02 Å². The van der Waals surface area contributed by atoms with E-state index in [9.17, 15) is 18.0 Å². The number of rotatable bonds is 6. The van der Waals surface area contributed by atoms with Crippen molar-refractivity contribution in [2.24, 2.45) is 0 Å². The first-order chi connectivity index (χ1) is 13.7. The van der Waals surface area contributed by atoms with E-state index in [-0.39, 0.29) is 28.2 Å². The lowest BCUT2D eigenvalue weighted by atomic mass is 10.2. The van der Waals surface area contributed by atoms with Crippen molar-refractivity contribution >= 4 is 56.4 Å². The van der Waals surface area contributed by atoms with Gasteiger partial charge in [0, 0.05) is 22.0 Å². The lowest BCUT2D eigenvalue weighted by molar-refractivity contribution is -0.116. The second kappa shape index (κ2) is 8.77. The van der Waals surface area contributed by atoms with Crippen molar-refractivity contribution in [1.82, 2.24) is 0 Å². The second-order valence-electron chi connectivity index (χ2n) is 6.69. The van der Waals surface area contributed by atoms with Crippen LogP contribution in [-0.4, -0.2) is 31.2 Å². The quantitative estimate of drug-likeness (QED) is 0.682. The molecule has 0 aromatic heterocycles. The topological polar surface area (TPSA) is 92.3 Å². The number of fused-ring (bicyclic) bond motifs is 1. The van der Waals surface area contributed by atoms with Gasteiger partial charge >= 0.3 is 0 Å². The molecular weight excluding hydrogens is 432 g/mol. The molecule has 1 aliphatic heterocycles. The molecule has 1 heterocycles. The van der Waals surface area contributed by atoms with Crippen molar-refractivity contribution in [2.75, 3.05) is 16.4 Å². The third kappa shape index (κ3) is 4.94. The second-order valence-corrected chi connectivity index (χ2v) is 10.5. The molecule has 2 aromatic carbocycles. The molecule has 29 heavy (non-hydrogen) atoms. The van der Waals surface area contributed by atoms with Crippen LogP contribution in [0, 0.1) is 6.92 Å². The molecule has 0 radical (unpaired) electrons. The fraction of sp³-hybridized carbons (Fsp3) is 0.300. The molecule has 0 fully saturated rings. The number of sulfone groups is 1. The minimum atomic E-state index is -3.68. The summed E-state index contributed by atoms with van der Waals surface area (Å²) in [5.41, 5.74) is 1.77. The molecule has 0 bridgehead atoms. The van der Waals surface area contributed by atoms with Crippen molar-refractivity contribution in [3.05, 3.63) is 47.0 Å². The van der Waals surface area contributed by atoms with Gasteiger partial charge in [-0.2, -0.15) is 0 Å². The predicted octanol–water partition coefficient (Wildman–Crippen LogP) is 4.27. The highest BCUT2D eigenvalue weighted by Gasteiger charge is 2.27. The summed E-state index contributed by atoms with van der Waals surface area (Å²) in [5.74, 6) is -0.877. The average Bonchev–Trinajstić information content (AvgIpc) is 2.69. The van der Waals surface area contributed by atoms with Crippen molar-refractivity contribution in [1.29, 1.82) is 0 Å². The Morgan fingerprint density at radius 1 is 1.28 bits per heavy atom. The van der Waals surface area contributed by atoms with Crippen molar-refractivity contribution in [3.8, 4) is 0 Å². The molecule has 0 saturated heterocycles. The molecular formula is C20H21ClN2O4S2. The summed E-state index contributed by atoms with van der Waals surface area (Å²) in [6.45, 7) is 3.70. The molecule has 9 heteroatoms. The SMILES string of the molecule is CC[C@H]1Sc2ccc(S(=O)(=O)CCC(=O)Nc3cccc(Cl)c3C)cc2NC1=O. The Morgan fingerprint density at radius 3 is 2.76 bits per heavy atom. The van der Waals surface area contributed by atoms with Gasteiger partial charge in [-0.1, -0.05) is 24.6 Å². The van der Waals surface area contributed by atoms with E-state index in [4.69, 9.17) is 11.6 Å². The third-order valence-corrected chi connectivity index (χ3v) is 8.21. The lowest BCUT2D eigenvalue weighted by Gasteiger charge is -2.23. The Balaban J connectivity index is 1.68. The molecule has 2 N–H and O–H groups in total. The number of carbonyl (C=O) groups is 2. The number of thioether (sulfide) groups is 1. The molecule has 2 amide bonds. The number of amides is 2. The molecule has 2 aromatic rings. The summed E-state index contributed by atoms with van der Waals surface area (Å²) < 4.78 is 25.4. The summed E-state index contributed by atoms with van der Waals surface area (Å²) in [5, 5.41) is 5.81. The smallest absolute Gasteiger partial charge is 0.237 e. The van der Waals surface area contributed by atoms with Gasteiger partial charge in [0.1, 0.15) is 0 Å². The van der Waals surface area contributed by atoms with Gasteiger partial charge in [0.2, 0.25) is 11.8 Å². The molecule has 1 aliphatic rings. The highest BCUT2D eigenvalue weighted by molar-refractivity contribution is 8.01. The maximum Gasteiger partial charge on any atom is 0.237 e. The molecule has 0 saturated carbocycles. The average molecular weight is 453 g/mol. The van der Waals surface area contributed by atoms with Gasteiger partial charge in [-0.25, -0.2) is 8.42 Å². The number of hydrogen-bond donors (Lipinski definition) is 2. The first-order valence-electron chi connectivity index (χ1n) is 9.10. The van der Waals surface area contributed by atoms with E-state index in [2.05, 4.69) is 10.6 Å². The molecule has 0 spiro atoms. The number of nitrogens with one attached hydrogen (secondary N) is 2. The fourth-order valence-electron chi connectivity index (χ4n) is 2.89. The van der Waals surface area contributed by atoms with Gasteiger partial charge in [-0.3, -0.25) is 9.59 Å². The van der Waals surface area contributed by atoms with Crippen molar-refractivity contribution < 1.29 is 18.0 Å². The van der Waals surface area contributed by atoms with Crippen molar-refractivity contribution in [2.45, 2.75) is 41.7 Å². The Hall–Kier alpha value is -2.03. The van der Waals surface area contributed by atoms with Crippen LogP contribution in [0.25, 0.3) is 0 Å². The van der Waals surface area contributed by atoms with Crippen molar-refractivity contribution in [3.63, 3.8) is 0 Å². The first-order valence-corrected chi connectivity index (χ1v) is 12.0. The minimum absolute atomic E-state index is 0.0823. The summed E-state index contributed by atoms with van der Waals surface area (Å²) in [6, 6.07) is 9.81. The number of halogens is 1. The molecule has 154 valence electrons. The van der Waals surface area contributed by atoms with Crippen LogP contribution in [0.3, 0.4) is 0 Å². The number of anilines is 2. The molecule has 0 unspecified atom stereocenters. The Labute approximate surface area is 179 Å². The van der Waals surface area contributed by atoms with Crippen LogP contribution < -0.4 is 10.6 Å². The van der Waals surface area contributed by atoms with Gasteiger partial charge < -0.3 is 10.6 Å². The van der Waals surface area contributed by atoms with E-state index < -0.39 is 15.7 Å². The van der Waals surface area contributed by atoms with E-state index in [0.717, 1.165) is 10.5 Å². The Kier molecular flexibility index (Phi) is 6.55. The van der Waals surface area contributed by atoms with E-state index in [1.165, 1.54) is 23.9 Å². The van der Waals surface area contributed by atoms with Gasteiger partial charge in [-0.05, 0) is 49.2 Å². The van der Waals surface area contributed by atoms with Crippen LogP contribution in [0.4, 0.5) is 11.4 Å². The molecule has 6 nitrogen and oxygen atoms in total. The number of hydrogen-bond acceptors (Lipinski definition) is 5. The first kappa shape index (κ1) is 21.7. The Morgan fingerprint density at radius 2 is 2.03 bits per heavy atom. The van der Waals surface area contributed by atoms with Crippen LogP contribution in [-0.2, 0) is 19.4 Å². The largest absolute Gasteiger partial charge is 0.326 e. The van der Waals surface area contributed by atoms with Gasteiger partial charge in [0.15, 0.2) is 9.84 Å². The van der Waals surface area contributed by atoms with E-state index in [1.807, 2.05) is 6.92 Å². The molecule has 3 rings (SSSR count). The summed E-state index contributed by atoms with van der Waals surface area (Å²) in [7, 11) is -3.68. The highest BCUT2D eigenvalue weighted by Crippen LogP contribution is 2.38. The zero-order valence-corrected chi connectivity index (χ0v) is 18.4. The van der Waals surface area contributed by atoms with Crippen LogP contribution in [0.1, 0.15) is 25.3 Å². The third-order valence-electron chi connectivity index (χ3n) is 4.64. The number of carbonyl (C=O) groups excluding carboxylic acids is 2. The monoisotopic (exact) mass is 452 g/mol.